The molecule has 2 aromatic rings. The number of oxazole rings is 1. The van der Waals surface area contributed by atoms with Crippen LogP contribution in [0.4, 0.5) is 0 Å². The van der Waals surface area contributed by atoms with Crippen molar-refractivity contribution in [1.82, 2.24) is 4.98 Å². The summed E-state index contributed by atoms with van der Waals surface area (Å²) in [6.45, 7) is 0.262. The van der Waals surface area contributed by atoms with Crippen LogP contribution >= 0.6 is 23.2 Å². The second kappa shape index (κ2) is 4.23. The first-order chi connectivity index (χ1) is 7.22. The van der Waals surface area contributed by atoms with Crippen LogP contribution < -0.4 is 5.73 Å². The number of benzene rings is 1. The van der Waals surface area contributed by atoms with E-state index < -0.39 is 0 Å². The third kappa shape index (κ3) is 2.00. The zero-order valence-corrected chi connectivity index (χ0v) is 9.22. The molecule has 0 saturated heterocycles. The Morgan fingerprint density at radius 1 is 1.33 bits per heavy atom. The number of hydrogen-bond acceptors (Lipinski definition) is 3. The monoisotopic (exact) mass is 242 g/mol. The SMILES string of the molecule is NCc1ncc(-c2cccc(Cl)c2Cl)o1. The van der Waals surface area contributed by atoms with E-state index in [-0.39, 0.29) is 6.54 Å². The molecule has 1 heterocycles. The van der Waals surface area contributed by atoms with Crippen LogP contribution in [0.1, 0.15) is 5.89 Å². The maximum Gasteiger partial charge on any atom is 0.208 e. The number of hydrogen-bond donors (Lipinski definition) is 1. The van der Waals surface area contributed by atoms with E-state index in [9.17, 15) is 0 Å². The van der Waals surface area contributed by atoms with Crippen molar-refractivity contribution in [3.05, 3.63) is 40.3 Å². The van der Waals surface area contributed by atoms with E-state index >= 15 is 0 Å². The molecule has 0 unspecified atom stereocenters. The molecule has 0 fully saturated rings. The molecule has 0 aliphatic carbocycles. The zero-order valence-electron chi connectivity index (χ0n) is 7.71. The summed E-state index contributed by atoms with van der Waals surface area (Å²) in [4.78, 5) is 3.99. The highest BCUT2D eigenvalue weighted by molar-refractivity contribution is 6.43. The van der Waals surface area contributed by atoms with Gasteiger partial charge in [-0.15, -0.1) is 0 Å². The average molecular weight is 243 g/mol. The van der Waals surface area contributed by atoms with Crippen molar-refractivity contribution in [1.29, 1.82) is 0 Å². The lowest BCUT2D eigenvalue weighted by Gasteiger charge is -2.01. The van der Waals surface area contributed by atoms with Crippen molar-refractivity contribution >= 4 is 23.2 Å². The van der Waals surface area contributed by atoms with E-state index in [4.69, 9.17) is 33.4 Å². The first-order valence-electron chi connectivity index (χ1n) is 4.31. The highest BCUT2D eigenvalue weighted by Crippen LogP contribution is 2.33. The molecular weight excluding hydrogens is 235 g/mol. The molecule has 5 heteroatoms. The Balaban J connectivity index is 2.49. The molecule has 0 aliphatic heterocycles. The van der Waals surface area contributed by atoms with Gasteiger partial charge in [-0.25, -0.2) is 4.98 Å². The van der Waals surface area contributed by atoms with E-state index in [1.54, 1.807) is 18.3 Å². The van der Waals surface area contributed by atoms with E-state index in [0.717, 1.165) is 5.56 Å². The predicted molar refractivity (Wildman–Crippen MR) is 59.9 cm³/mol. The molecule has 2 N–H and O–H groups in total. The molecule has 15 heavy (non-hydrogen) atoms. The van der Waals surface area contributed by atoms with E-state index in [1.165, 1.54) is 0 Å². The maximum atomic E-state index is 6.03. The second-order valence-electron chi connectivity index (χ2n) is 2.92. The van der Waals surface area contributed by atoms with Gasteiger partial charge in [0.2, 0.25) is 5.89 Å². The van der Waals surface area contributed by atoms with Gasteiger partial charge in [-0.2, -0.15) is 0 Å². The first-order valence-corrected chi connectivity index (χ1v) is 5.07. The molecule has 1 aromatic carbocycles. The lowest BCUT2D eigenvalue weighted by Crippen LogP contribution is -1.94. The molecule has 1 aromatic heterocycles. The van der Waals surface area contributed by atoms with Crippen LogP contribution in [0.2, 0.25) is 10.0 Å². The number of nitrogens with two attached hydrogens (primary N) is 1. The van der Waals surface area contributed by atoms with Crippen molar-refractivity contribution in [3.63, 3.8) is 0 Å². The molecule has 78 valence electrons. The normalized spacial score (nSPS) is 10.6. The molecule has 3 nitrogen and oxygen atoms in total. The highest BCUT2D eigenvalue weighted by Gasteiger charge is 2.10. The summed E-state index contributed by atoms with van der Waals surface area (Å²) in [5.41, 5.74) is 6.11. The number of rotatable bonds is 2. The van der Waals surface area contributed by atoms with E-state index in [1.807, 2.05) is 6.07 Å². The average Bonchev–Trinajstić information content (AvgIpc) is 2.70. The molecule has 0 spiro atoms. The van der Waals surface area contributed by atoms with Crippen LogP contribution in [0.25, 0.3) is 11.3 Å². The molecule has 0 radical (unpaired) electrons. The summed E-state index contributed by atoms with van der Waals surface area (Å²) in [5, 5.41) is 0.943. The third-order valence-corrected chi connectivity index (χ3v) is 2.76. The third-order valence-electron chi connectivity index (χ3n) is 1.95. The van der Waals surface area contributed by atoms with Crippen LogP contribution in [0.5, 0.6) is 0 Å². The summed E-state index contributed by atoms with van der Waals surface area (Å²) < 4.78 is 5.38. The van der Waals surface area contributed by atoms with Crippen LogP contribution in [0, 0.1) is 0 Å². The van der Waals surface area contributed by atoms with E-state index in [2.05, 4.69) is 4.98 Å². The minimum Gasteiger partial charge on any atom is -0.439 e. The van der Waals surface area contributed by atoms with Gasteiger partial charge in [0.1, 0.15) is 0 Å². The summed E-state index contributed by atoms with van der Waals surface area (Å²) in [5.74, 6) is 1.05. The number of halogens is 2. The Morgan fingerprint density at radius 2 is 2.13 bits per heavy atom. The Kier molecular flexibility index (Phi) is 2.95. The second-order valence-corrected chi connectivity index (χ2v) is 3.71. The van der Waals surface area contributed by atoms with Crippen LogP contribution in [-0.4, -0.2) is 4.98 Å². The fourth-order valence-electron chi connectivity index (χ4n) is 1.22. The van der Waals surface area contributed by atoms with Crippen molar-refractivity contribution in [3.8, 4) is 11.3 Å². The molecule has 0 bridgehead atoms. The highest BCUT2D eigenvalue weighted by atomic mass is 35.5. The topological polar surface area (TPSA) is 52.0 Å². The van der Waals surface area contributed by atoms with Crippen molar-refractivity contribution < 1.29 is 4.42 Å². The largest absolute Gasteiger partial charge is 0.439 e. The molecule has 0 amide bonds. The molecular formula is C10H8Cl2N2O. The Morgan fingerprint density at radius 3 is 2.80 bits per heavy atom. The van der Waals surface area contributed by atoms with Crippen molar-refractivity contribution in [2.75, 3.05) is 0 Å². The van der Waals surface area contributed by atoms with Crippen LogP contribution in [0.15, 0.2) is 28.8 Å². The van der Waals surface area contributed by atoms with Crippen molar-refractivity contribution in [2.45, 2.75) is 6.54 Å². The maximum absolute atomic E-state index is 6.03. The molecule has 0 atom stereocenters. The van der Waals surface area contributed by atoms with Gasteiger partial charge in [-0.1, -0.05) is 29.3 Å². The molecule has 0 saturated carbocycles. The number of nitrogens with zero attached hydrogens (tertiary/aromatic N) is 1. The first kappa shape index (κ1) is 10.5. The smallest absolute Gasteiger partial charge is 0.208 e. The summed E-state index contributed by atoms with van der Waals surface area (Å²) in [6.07, 6.45) is 1.58. The van der Waals surface area contributed by atoms with E-state index in [0.29, 0.717) is 21.7 Å². The standard InChI is InChI=1S/C10H8Cl2N2O/c11-7-3-1-2-6(10(7)12)8-5-14-9(4-13)15-8/h1-3,5H,4,13H2. The minimum absolute atomic E-state index is 0.262. The van der Waals surface area contributed by atoms with Crippen LogP contribution in [-0.2, 0) is 6.54 Å². The zero-order chi connectivity index (χ0) is 10.8. The van der Waals surface area contributed by atoms with Gasteiger partial charge in [0, 0.05) is 5.56 Å². The molecule has 0 aliphatic rings. The Labute approximate surface area is 96.8 Å². The van der Waals surface area contributed by atoms with Gasteiger partial charge in [-0.3, -0.25) is 0 Å². The van der Waals surface area contributed by atoms with Gasteiger partial charge < -0.3 is 10.2 Å². The lowest BCUT2D eigenvalue weighted by atomic mass is 10.2. The van der Waals surface area contributed by atoms with Gasteiger partial charge in [0.25, 0.3) is 0 Å². The van der Waals surface area contributed by atoms with Crippen LogP contribution in [0.3, 0.4) is 0 Å². The quantitative estimate of drug-likeness (QED) is 0.881. The fraction of sp³-hybridized carbons (Fsp3) is 0.100. The van der Waals surface area contributed by atoms with Crippen molar-refractivity contribution in [2.24, 2.45) is 5.73 Å². The Hall–Kier alpha value is -1.03. The summed E-state index contributed by atoms with van der Waals surface area (Å²) >= 11 is 11.9. The lowest BCUT2D eigenvalue weighted by molar-refractivity contribution is 0.509. The van der Waals surface area contributed by atoms with Gasteiger partial charge >= 0.3 is 0 Å². The number of aromatic nitrogens is 1. The van der Waals surface area contributed by atoms with Gasteiger partial charge in [0.05, 0.1) is 22.8 Å². The summed E-state index contributed by atoms with van der Waals surface area (Å²) in [7, 11) is 0. The Bertz CT molecular complexity index is 482. The van der Waals surface area contributed by atoms with Gasteiger partial charge in [-0.05, 0) is 12.1 Å². The van der Waals surface area contributed by atoms with Gasteiger partial charge in [0.15, 0.2) is 5.76 Å². The fourth-order valence-corrected chi connectivity index (χ4v) is 1.62. The molecule has 2 rings (SSSR count). The predicted octanol–water partition coefficient (Wildman–Crippen LogP) is 3.11. The summed E-state index contributed by atoms with van der Waals surface area (Å²) in [6, 6.07) is 5.33. The minimum atomic E-state index is 0.262.